The SMILES string of the molecule is COC1CCC2C(C)(CCC3C2(C)CCC2(C)C4CC(C)(C)CCC4(C)CCC32C)C1C. The minimum Gasteiger partial charge on any atom is -0.381 e. The van der Waals surface area contributed by atoms with Gasteiger partial charge in [-0.2, -0.15) is 0 Å². The predicted molar refractivity (Wildman–Crippen MR) is 136 cm³/mol. The van der Waals surface area contributed by atoms with Crippen LogP contribution in [0.1, 0.15) is 126 Å². The molecule has 5 aliphatic carbocycles. The molecule has 0 aromatic heterocycles. The molecule has 10 unspecified atom stereocenters. The van der Waals surface area contributed by atoms with E-state index in [9.17, 15) is 0 Å². The lowest BCUT2D eigenvalue weighted by molar-refractivity contribution is -0.263. The Hall–Kier alpha value is -0.0400. The Bertz CT molecular complexity index is 756. The van der Waals surface area contributed by atoms with Crippen molar-refractivity contribution in [2.45, 2.75) is 132 Å². The smallest absolute Gasteiger partial charge is 0.0602 e. The van der Waals surface area contributed by atoms with Crippen molar-refractivity contribution in [3.63, 3.8) is 0 Å². The van der Waals surface area contributed by atoms with Crippen molar-refractivity contribution in [2.24, 2.45) is 56.2 Å². The molecule has 0 saturated heterocycles. The highest BCUT2D eigenvalue weighted by atomic mass is 16.5. The third-order valence-electron chi connectivity index (χ3n) is 14.2. The molecular formula is C31H54O. The molecule has 184 valence electrons. The topological polar surface area (TPSA) is 9.23 Å². The summed E-state index contributed by atoms with van der Waals surface area (Å²) in [6.07, 6.45) is 16.3. The fourth-order valence-corrected chi connectivity index (χ4v) is 11.7. The van der Waals surface area contributed by atoms with Crippen LogP contribution < -0.4 is 0 Å². The second-order valence-corrected chi connectivity index (χ2v) is 15.7. The lowest BCUT2D eigenvalue weighted by Crippen LogP contribution is -2.68. The zero-order valence-electron chi connectivity index (χ0n) is 23.1. The van der Waals surface area contributed by atoms with Crippen LogP contribution in [0.15, 0.2) is 0 Å². The highest BCUT2D eigenvalue weighted by molar-refractivity contribution is 5.19. The lowest BCUT2D eigenvalue weighted by atomic mass is 9.30. The monoisotopic (exact) mass is 442 g/mol. The summed E-state index contributed by atoms with van der Waals surface area (Å²) < 4.78 is 6.00. The number of methoxy groups -OCH3 is 1. The van der Waals surface area contributed by atoms with E-state index in [0.29, 0.717) is 44.5 Å². The van der Waals surface area contributed by atoms with E-state index in [0.717, 1.165) is 17.8 Å². The van der Waals surface area contributed by atoms with Gasteiger partial charge in [0.2, 0.25) is 0 Å². The molecule has 0 aromatic carbocycles. The summed E-state index contributed by atoms with van der Waals surface area (Å²) in [5.41, 5.74) is 3.14. The Labute approximate surface area is 200 Å². The third-order valence-corrected chi connectivity index (χ3v) is 14.2. The summed E-state index contributed by atoms with van der Waals surface area (Å²) in [5.74, 6) is 3.40. The van der Waals surface area contributed by atoms with Crippen LogP contribution in [-0.4, -0.2) is 13.2 Å². The zero-order valence-corrected chi connectivity index (χ0v) is 23.1. The molecular weight excluding hydrogens is 388 g/mol. The predicted octanol–water partition coefficient (Wildman–Crippen LogP) is 8.90. The second-order valence-electron chi connectivity index (χ2n) is 15.7. The van der Waals surface area contributed by atoms with Crippen LogP contribution in [0.5, 0.6) is 0 Å². The molecule has 0 N–H and O–H groups in total. The average molecular weight is 443 g/mol. The van der Waals surface area contributed by atoms with E-state index >= 15 is 0 Å². The molecule has 0 radical (unpaired) electrons. The molecule has 0 spiro atoms. The van der Waals surface area contributed by atoms with Crippen LogP contribution in [0.3, 0.4) is 0 Å². The highest BCUT2D eigenvalue weighted by Crippen LogP contribution is 2.78. The molecule has 1 heteroatoms. The first-order valence-corrected chi connectivity index (χ1v) is 14.3. The van der Waals surface area contributed by atoms with Crippen LogP contribution in [0.2, 0.25) is 0 Å². The fraction of sp³-hybridized carbons (Fsp3) is 1.00. The van der Waals surface area contributed by atoms with Crippen molar-refractivity contribution in [3.05, 3.63) is 0 Å². The van der Waals surface area contributed by atoms with Crippen molar-refractivity contribution < 1.29 is 4.74 Å². The van der Waals surface area contributed by atoms with Gasteiger partial charge in [-0.05, 0) is 127 Å². The largest absolute Gasteiger partial charge is 0.381 e. The van der Waals surface area contributed by atoms with Gasteiger partial charge in [0.25, 0.3) is 0 Å². The average Bonchev–Trinajstić information content (AvgIpc) is 2.72. The van der Waals surface area contributed by atoms with Gasteiger partial charge in [-0.15, -0.1) is 0 Å². The number of rotatable bonds is 1. The summed E-state index contributed by atoms with van der Waals surface area (Å²) in [6, 6.07) is 0. The quantitative estimate of drug-likeness (QED) is 0.394. The van der Waals surface area contributed by atoms with Gasteiger partial charge in [-0.1, -0.05) is 55.4 Å². The summed E-state index contributed by atoms with van der Waals surface area (Å²) in [7, 11) is 1.95. The molecule has 32 heavy (non-hydrogen) atoms. The van der Waals surface area contributed by atoms with E-state index in [1.807, 2.05) is 7.11 Å². The van der Waals surface area contributed by atoms with Gasteiger partial charge >= 0.3 is 0 Å². The van der Waals surface area contributed by atoms with Crippen molar-refractivity contribution in [3.8, 4) is 0 Å². The van der Waals surface area contributed by atoms with Gasteiger partial charge in [-0.25, -0.2) is 0 Å². The van der Waals surface area contributed by atoms with E-state index in [1.54, 1.807) is 0 Å². The van der Waals surface area contributed by atoms with Crippen LogP contribution in [0, 0.1) is 56.2 Å². The van der Waals surface area contributed by atoms with Gasteiger partial charge in [0.1, 0.15) is 0 Å². The maximum Gasteiger partial charge on any atom is 0.0602 e. The molecule has 0 amide bonds. The van der Waals surface area contributed by atoms with Gasteiger partial charge in [-0.3, -0.25) is 0 Å². The number of hydrogen-bond donors (Lipinski definition) is 0. The van der Waals surface area contributed by atoms with Gasteiger partial charge < -0.3 is 4.74 Å². The number of ether oxygens (including phenoxy) is 1. The van der Waals surface area contributed by atoms with Crippen LogP contribution in [-0.2, 0) is 4.74 Å². The summed E-state index contributed by atoms with van der Waals surface area (Å²) in [5, 5.41) is 0. The minimum absolute atomic E-state index is 0.463. The Morgan fingerprint density at radius 2 is 1.22 bits per heavy atom. The minimum atomic E-state index is 0.463. The molecule has 10 atom stereocenters. The Morgan fingerprint density at radius 1 is 0.594 bits per heavy atom. The third kappa shape index (κ3) is 2.85. The van der Waals surface area contributed by atoms with Crippen molar-refractivity contribution in [2.75, 3.05) is 7.11 Å². The highest BCUT2D eigenvalue weighted by Gasteiger charge is 2.70. The molecule has 0 heterocycles. The Balaban J connectivity index is 1.52. The van der Waals surface area contributed by atoms with Gasteiger partial charge in [0, 0.05) is 7.11 Å². The first kappa shape index (κ1) is 23.7. The molecule has 5 rings (SSSR count). The summed E-state index contributed by atoms with van der Waals surface area (Å²) in [6.45, 7) is 21.4. The molecule has 5 aliphatic rings. The number of fused-ring (bicyclic) bond motifs is 7. The first-order valence-electron chi connectivity index (χ1n) is 14.3. The van der Waals surface area contributed by atoms with Crippen molar-refractivity contribution in [1.29, 1.82) is 0 Å². The van der Waals surface area contributed by atoms with E-state index in [2.05, 4.69) is 55.4 Å². The van der Waals surface area contributed by atoms with E-state index in [4.69, 9.17) is 4.74 Å². The second kappa shape index (κ2) is 7.01. The van der Waals surface area contributed by atoms with Gasteiger partial charge in [0.15, 0.2) is 0 Å². The zero-order chi connectivity index (χ0) is 23.4. The number of hydrogen-bond acceptors (Lipinski definition) is 1. The molecule has 5 fully saturated rings. The fourth-order valence-electron chi connectivity index (χ4n) is 11.7. The lowest BCUT2D eigenvalue weighted by Gasteiger charge is -2.75. The standard InChI is InChI=1S/C31H54O/c1-21-22(32-9)10-11-23-28(21,5)13-12-24-29(23,6)17-19-31(8)25-20-26(2,3)14-15-27(25,4)16-18-30(24,31)7/h21-25H,10-20H2,1-9H3. The van der Waals surface area contributed by atoms with Crippen molar-refractivity contribution >= 4 is 0 Å². The van der Waals surface area contributed by atoms with Crippen LogP contribution in [0.25, 0.3) is 0 Å². The van der Waals surface area contributed by atoms with Crippen molar-refractivity contribution in [1.82, 2.24) is 0 Å². The Kier molecular flexibility index (Phi) is 5.19. The van der Waals surface area contributed by atoms with E-state index in [-0.39, 0.29) is 0 Å². The molecule has 0 aromatic rings. The normalized spacial score (nSPS) is 59.3. The van der Waals surface area contributed by atoms with Crippen LogP contribution >= 0.6 is 0 Å². The van der Waals surface area contributed by atoms with E-state index < -0.39 is 0 Å². The molecule has 1 nitrogen and oxygen atoms in total. The Morgan fingerprint density at radius 3 is 1.91 bits per heavy atom. The summed E-state index contributed by atoms with van der Waals surface area (Å²) >= 11 is 0. The van der Waals surface area contributed by atoms with E-state index in [1.165, 1.54) is 70.6 Å². The molecule has 5 saturated carbocycles. The van der Waals surface area contributed by atoms with Crippen LogP contribution in [0.4, 0.5) is 0 Å². The maximum absolute atomic E-state index is 6.00. The van der Waals surface area contributed by atoms with Gasteiger partial charge in [0.05, 0.1) is 6.10 Å². The molecule has 0 aliphatic heterocycles. The maximum atomic E-state index is 6.00. The molecule has 0 bridgehead atoms. The summed E-state index contributed by atoms with van der Waals surface area (Å²) in [4.78, 5) is 0. The first-order chi connectivity index (χ1) is 14.8.